The number of hydrogen-bond donors (Lipinski definition) is 1. The number of hydrogen-bond acceptors (Lipinski definition) is 4. The minimum atomic E-state index is 0.603. The molecule has 0 aliphatic carbocycles. The van der Waals surface area contributed by atoms with Gasteiger partial charge in [-0.25, -0.2) is 0 Å². The van der Waals surface area contributed by atoms with Crippen LogP contribution in [0.1, 0.15) is 28.4 Å². The monoisotopic (exact) mass is 279 g/mol. The molecule has 4 nitrogen and oxygen atoms in total. The van der Waals surface area contributed by atoms with Gasteiger partial charge in [0.25, 0.3) is 0 Å². The van der Waals surface area contributed by atoms with Gasteiger partial charge in [-0.2, -0.15) is 4.98 Å². The molecule has 1 aromatic heterocycles. The van der Waals surface area contributed by atoms with E-state index in [9.17, 15) is 0 Å². The van der Waals surface area contributed by atoms with E-state index in [2.05, 4.69) is 41.3 Å². The average Bonchev–Trinajstić information content (AvgIpc) is 2.89. The smallest absolute Gasteiger partial charge is 0.231 e. The van der Waals surface area contributed by atoms with Gasteiger partial charge >= 0.3 is 0 Å². The summed E-state index contributed by atoms with van der Waals surface area (Å²) < 4.78 is 5.30. The van der Waals surface area contributed by atoms with Crippen LogP contribution in [0.2, 0.25) is 0 Å². The zero-order valence-corrected chi connectivity index (χ0v) is 11.9. The summed E-state index contributed by atoms with van der Waals surface area (Å²) in [5.74, 6) is 1.32. The van der Waals surface area contributed by atoms with E-state index < -0.39 is 0 Å². The highest BCUT2D eigenvalue weighted by Crippen LogP contribution is 2.13. The van der Waals surface area contributed by atoms with Crippen LogP contribution in [0.3, 0.4) is 0 Å². The van der Waals surface area contributed by atoms with Crippen molar-refractivity contribution in [2.75, 3.05) is 5.73 Å². The van der Waals surface area contributed by atoms with Gasteiger partial charge in [0.2, 0.25) is 5.89 Å². The van der Waals surface area contributed by atoms with Crippen molar-refractivity contribution < 1.29 is 4.52 Å². The summed E-state index contributed by atoms with van der Waals surface area (Å²) in [6, 6.07) is 16.1. The molecular formula is C17H17N3O. The second-order valence-corrected chi connectivity index (χ2v) is 5.19. The van der Waals surface area contributed by atoms with Crippen LogP contribution in [-0.4, -0.2) is 10.1 Å². The summed E-state index contributed by atoms with van der Waals surface area (Å²) in [6.07, 6.45) is 1.28. The maximum absolute atomic E-state index is 5.77. The summed E-state index contributed by atoms with van der Waals surface area (Å²) >= 11 is 0. The first-order valence-corrected chi connectivity index (χ1v) is 6.90. The Morgan fingerprint density at radius 2 is 1.81 bits per heavy atom. The number of nitrogens with two attached hydrogens (primary N) is 1. The summed E-state index contributed by atoms with van der Waals surface area (Å²) in [5.41, 5.74) is 10.00. The van der Waals surface area contributed by atoms with Crippen LogP contribution in [0, 0.1) is 6.92 Å². The Labute approximate surface area is 123 Å². The maximum atomic E-state index is 5.77. The zero-order valence-electron chi connectivity index (χ0n) is 11.9. The van der Waals surface area contributed by atoms with Crippen molar-refractivity contribution in [3.63, 3.8) is 0 Å². The molecule has 1 heterocycles. The highest BCUT2D eigenvalue weighted by atomic mass is 16.5. The van der Waals surface area contributed by atoms with Crippen LogP contribution in [0.5, 0.6) is 0 Å². The molecule has 0 saturated carbocycles. The number of rotatable bonds is 4. The number of aromatic nitrogens is 2. The van der Waals surface area contributed by atoms with E-state index in [1.165, 1.54) is 11.1 Å². The quantitative estimate of drug-likeness (QED) is 0.745. The van der Waals surface area contributed by atoms with Gasteiger partial charge in [-0.15, -0.1) is 0 Å². The number of aryl methyl sites for hydroxylation is 1. The third-order valence-electron chi connectivity index (χ3n) is 3.30. The van der Waals surface area contributed by atoms with Gasteiger partial charge < -0.3 is 10.3 Å². The van der Waals surface area contributed by atoms with Crippen molar-refractivity contribution in [1.82, 2.24) is 10.1 Å². The van der Waals surface area contributed by atoms with Gasteiger partial charge in [0, 0.05) is 12.1 Å². The Bertz CT molecular complexity index is 732. The largest absolute Gasteiger partial charge is 0.399 e. The average molecular weight is 279 g/mol. The molecule has 0 aliphatic rings. The van der Waals surface area contributed by atoms with Crippen molar-refractivity contribution in [3.8, 4) is 0 Å². The Balaban J connectivity index is 1.70. The molecule has 2 N–H and O–H groups in total. The first-order valence-electron chi connectivity index (χ1n) is 6.90. The van der Waals surface area contributed by atoms with Crippen molar-refractivity contribution >= 4 is 5.69 Å². The molecule has 0 saturated heterocycles. The van der Waals surface area contributed by atoms with Gasteiger partial charge in [-0.3, -0.25) is 0 Å². The number of nitrogens with zero attached hydrogens (tertiary/aromatic N) is 2. The molecule has 21 heavy (non-hydrogen) atoms. The summed E-state index contributed by atoms with van der Waals surface area (Å²) in [4.78, 5) is 4.43. The van der Waals surface area contributed by atoms with E-state index in [0.717, 1.165) is 11.3 Å². The van der Waals surface area contributed by atoms with E-state index in [4.69, 9.17) is 10.3 Å². The normalized spacial score (nSPS) is 10.7. The SMILES string of the molecule is Cc1ccc(Cc2noc(Cc3cccc(N)c3)n2)cc1. The lowest BCUT2D eigenvalue weighted by Crippen LogP contribution is -1.93. The molecule has 0 spiro atoms. The highest BCUT2D eigenvalue weighted by Gasteiger charge is 2.08. The summed E-state index contributed by atoms with van der Waals surface area (Å²) in [5, 5.41) is 4.04. The molecule has 0 amide bonds. The van der Waals surface area contributed by atoms with Crippen LogP contribution < -0.4 is 5.73 Å². The minimum absolute atomic E-state index is 0.603. The van der Waals surface area contributed by atoms with Crippen LogP contribution in [0.4, 0.5) is 5.69 Å². The Morgan fingerprint density at radius 1 is 1.00 bits per heavy atom. The van der Waals surface area contributed by atoms with Crippen molar-refractivity contribution in [3.05, 3.63) is 76.9 Å². The predicted octanol–water partition coefficient (Wildman–Crippen LogP) is 3.14. The second-order valence-electron chi connectivity index (χ2n) is 5.19. The zero-order chi connectivity index (χ0) is 14.7. The molecule has 0 aliphatic heterocycles. The lowest BCUT2D eigenvalue weighted by atomic mass is 10.1. The molecule has 3 aromatic rings. The summed E-state index contributed by atoms with van der Waals surface area (Å²) in [6.45, 7) is 2.07. The van der Waals surface area contributed by atoms with Crippen molar-refractivity contribution in [2.24, 2.45) is 0 Å². The first kappa shape index (κ1) is 13.4. The molecule has 4 heteroatoms. The van der Waals surface area contributed by atoms with E-state index in [1.54, 1.807) is 0 Å². The fourth-order valence-corrected chi connectivity index (χ4v) is 2.20. The Kier molecular flexibility index (Phi) is 3.69. The molecule has 0 radical (unpaired) electrons. The van der Waals surface area contributed by atoms with Gasteiger partial charge in [0.05, 0.1) is 6.42 Å². The fourth-order valence-electron chi connectivity index (χ4n) is 2.20. The number of benzene rings is 2. The lowest BCUT2D eigenvalue weighted by molar-refractivity contribution is 0.380. The van der Waals surface area contributed by atoms with Gasteiger partial charge in [-0.1, -0.05) is 47.1 Å². The van der Waals surface area contributed by atoms with E-state index in [1.807, 2.05) is 24.3 Å². The van der Waals surface area contributed by atoms with E-state index in [0.29, 0.717) is 24.6 Å². The highest BCUT2D eigenvalue weighted by molar-refractivity contribution is 5.41. The van der Waals surface area contributed by atoms with Crippen molar-refractivity contribution in [1.29, 1.82) is 0 Å². The van der Waals surface area contributed by atoms with Gasteiger partial charge in [0.1, 0.15) is 0 Å². The van der Waals surface area contributed by atoms with Crippen molar-refractivity contribution in [2.45, 2.75) is 19.8 Å². The van der Waals surface area contributed by atoms with Crippen LogP contribution in [0.25, 0.3) is 0 Å². The molecule has 0 fully saturated rings. The summed E-state index contributed by atoms with van der Waals surface area (Å²) in [7, 11) is 0. The first-order chi connectivity index (χ1) is 10.2. The molecule has 106 valence electrons. The maximum Gasteiger partial charge on any atom is 0.231 e. The van der Waals surface area contributed by atoms with Gasteiger partial charge in [-0.05, 0) is 30.2 Å². The van der Waals surface area contributed by atoms with E-state index in [-0.39, 0.29) is 0 Å². The molecular weight excluding hydrogens is 262 g/mol. The minimum Gasteiger partial charge on any atom is -0.399 e. The molecule has 0 atom stereocenters. The third kappa shape index (κ3) is 3.48. The standard InChI is InChI=1S/C17H17N3O/c1-12-5-7-13(8-6-12)10-16-19-17(21-20-16)11-14-3-2-4-15(18)9-14/h2-9H,10-11,18H2,1H3. The third-order valence-corrected chi connectivity index (χ3v) is 3.30. The van der Waals surface area contributed by atoms with Crippen LogP contribution in [0.15, 0.2) is 53.1 Å². The molecule has 0 bridgehead atoms. The lowest BCUT2D eigenvalue weighted by Gasteiger charge is -1.98. The fraction of sp³-hybridized carbons (Fsp3) is 0.176. The van der Waals surface area contributed by atoms with Gasteiger partial charge in [0.15, 0.2) is 5.82 Å². The van der Waals surface area contributed by atoms with E-state index >= 15 is 0 Å². The topological polar surface area (TPSA) is 64.9 Å². The van der Waals surface area contributed by atoms with Crippen LogP contribution >= 0.6 is 0 Å². The predicted molar refractivity (Wildman–Crippen MR) is 81.9 cm³/mol. The number of nitrogen functional groups attached to an aromatic ring is 1. The Morgan fingerprint density at radius 3 is 2.57 bits per heavy atom. The number of anilines is 1. The molecule has 3 rings (SSSR count). The van der Waals surface area contributed by atoms with Crippen LogP contribution in [-0.2, 0) is 12.8 Å². The Hall–Kier alpha value is -2.62. The molecule has 0 unspecified atom stereocenters. The molecule has 2 aromatic carbocycles. The second kappa shape index (κ2) is 5.79.